The lowest BCUT2D eigenvalue weighted by Gasteiger charge is -2.18. The highest BCUT2D eigenvalue weighted by Gasteiger charge is 2.28. The molecule has 0 amide bonds. The van der Waals surface area contributed by atoms with Crippen molar-refractivity contribution in [1.29, 1.82) is 0 Å². The number of aryl methyl sites for hydroxylation is 1. The molecule has 7 heteroatoms. The number of nitrogens with one attached hydrogen (secondary N) is 1. The largest absolute Gasteiger partial charge is 0.406 e. The lowest BCUT2D eigenvalue weighted by molar-refractivity contribution is -0.388. The van der Waals surface area contributed by atoms with Gasteiger partial charge in [0.25, 0.3) is 0 Å². The summed E-state index contributed by atoms with van der Waals surface area (Å²) in [4.78, 5) is 14.1. The predicted molar refractivity (Wildman–Crippen MR) is 66.3 cm³/mol. The Morgan fingerprint density at radius 3 is 3.00 bits per heavy atom. The molecule has 1 aromatic heterocycles. The number of anilines is 1. The van der Waals surface area contributed by atoms with Gasteiger partial charge < -0.3 is 20.5 Å². The molecule has 1 fully saturated rings. The van der Waals surface area contributed by atoms with Crippen LogP contribution in [-0.2, 0) is 7.05 Å². The zero-order chi connectivity index (χ0) is 13.1. The predicted octanol–water partition coefficient (Wildman–Crippen LogP) is 1.15. The molecular weight excluding hydrogens is 236 g/mol. The maximum Gasteiger partial charge on any atom is 0.406 e. The molecule has 18 heavy (non-hydrogen) atoms. The second-order valence-corrected chi connectivity index (χ2v) is 4.80. The summed E-state index contributed by atoms with van der Waals surface area (Å²) >= 11 is 0. The van der Waals surface area contributed by atoms with E-state index in [1.165, 1.54) is 6.33 Å². The Labute approximate surface area is 105 Å². The minimum absolute atomic E-state index is 0.143. The van der Waals surface area contributed by atoms with Crippen molar-refractivity contribution in [1.82, 2.24) is 9.55 Å². The maximum atomic E-state index is 10.8. The van der Waals surface area contributed by atoms with Gasteiger partial charge in [-0.25, -0.2) is 0 Å². The average molecular weight is 254 g/mol. The first-order chi connectivity index (χ1) is 8.63. The normalized spacial score (nSPS) is 23.2. The van der Waals surface area contributed by atoms with Crippen molar-refractivity contribution >= 4 is 11.6 Å². The molecule has 7 nitrogen and oxygen atoms in total. The second kappa shape index (κ2) is 5.34. The first-order valence-electron chi connectivity index (χ1n) is 6.14. The molecule has 1 aliphatic carbocycles. The Kier molecular flexibility index (Phi) is 3.81. The summed E-state index contributed by atoms with van der Waals surface area (Å²) in [6.45, 7) is 0.839. The molecule has 100 valence electrons. The van der Waals surface area contributed by atoms with Crippen molar-refractivity contribution in [2.75, 3.05) is 18.5 Å². The fourth-order valence-electron chi connectivity index (χ4n) is 2.61. The van der Waals surface area contributed by atoms with Crippen molar-refractivity contribution in [3.63, 3.8) is 0 Å². The standard InChI is InChI=1S/C11H18N4O3/c1-14-7-13-11(15(17)18)10(14)12-5-8-3-2-4-9(8)6-16/h7-9,12,16H,2-6H2,1H3. The van der Waals surface area contributed by atoms with Gasteiger partial charge in [-0.15, -0.1) is 0 Å². The van der Waals surface area contributed by atoms with Crippen LogP contribution in [-0.4, -0.2) is 32.7 Å². The van der Waals surface area contributed by atoms with Gasteiger partial charge in [0.05, 0.1) is 0 Å². The first kappa shape index (κ1) is 12.8. The molecule has 0 bridgehead atoms. The molecule has 1 heterocycles. The van der Waals surface area contributed by atoms with Crippen LogP contribution in [0.4, 0.5) is 11.6 Å². The van der Waals surface area contributed by atoms with Crippen LogP contribution in [0.25, 0.3) is 0 Å². The summed E-state index contributed by atoms with van der Waals surface area (Å²) < 4.78 is 1.61. The van der Waals surface area contributed by atoms with E-state index in [0.29, 0.717) is 24.2 Å². The Morgan fingerprint density at radius 1 is 1.61 bits per heavy atom. The zero-order valence-electron chi connectivity index (χ0n) is 10.4. The summed E-state index contributed by atoms with van der Waals surface area (Å²) in [5.74, 6) is 0.980. The first-order valence-corrected chi connectivity index (χ1v) is 6.14. The lowest BCUT2D eigenvalue weighted by Crippen LogP contribution is -2.21. The lowest BCUT2D eigenvalue weighted by atomic mass is 9.97. The van der Waals surface area contributed by atoms with Crippen LogP contribution in [0, 0.1) is 22.0 Å². The highest BCUT2D eigenvalue weighted by molar-refractivity contribution is 5.51. The van der Waals surface area contributed by atoms with Gasteiger partial charge in [0.2, 0.25) is 12.1 Å². The molecule has 1 saturated carbocycles. The van der Waals surface area contributed by atoms with E-state index in [-0.39, 0.29) is 12.4 Å². The summed E-state index contributed by atoms with van der Waals surface area (Å²) in [5, 5.41) is 23.1. The van der Waals surface area contributed by atoms with Crippen molar-refractivity contribution in [2.24, 2.45) is 18.9 Å². The van der Waals surface area contributed by atoms with Crippen LogP contribution in [0.2, 0.25) is 0 Å². The van der Waals surface area contributed by atoms with Gasteiger partial charge in [-0.1, -0.05) is 6.42 Å². The quantitative estimate of drug-likeness (QED) is 0.607. The van der Waals surface area contributed by atoms with Gasteiger partial charge in [-0.05, 0) is 34.6 Å². The Bertz CT molecular complexity index is 432. The summed E-state index contributed by atoms with van der Waals surface area (Å²) in [7, 11) is 1.72. The van der Waals surface area contributed by atoms with E-state index >= 15 is 0 Å². The highest BCUT2D eigenvalue weighted by atomic mass is 16.6. The Morgan fingerprint density at radius 2 is 2.33 bits per heavy atom. The minimum atomic E-state index is -0.486. The number of rotatable bonds is 5. The molecule has 1 aromatic rings. The number of hydrogen-bond acceptors (Lipinski definition) is 5. The maximum absolute atomic E-state index is 10.8. The van der Waals surface area contributed by atoms with Crippen LogP contribution < -0.4 is 5.32 Å². The molecular formula is C11H18N4O3. The van der Waals surface area contributed by atoms with Crippen molar-refractivity contribution in [3.8, 4) is 0 Å². The third kappa shape index (κ3) is 2.45. The smallest absolute Gasteiger partial charge is 0.396 e. The third-order valence-corrected chi connectivity index (χ3v) is 3.67. The number of aliphatic hydroxyl groups is 1. The van der Waals surface area contributed by atoms with Gasteiger partial charge in [0.1, 0.15) is 0 Å². The van der Waals surface area contributed by atoms with Gasteiger partial charge in [0.15, 0.2) is 0 Å². The number of nitrogens with zero attached hydrogens (tertiary/aromatic N) is 3. The number of nitro groups is 1. The highest BCUT2D eigenvalue weighted by Crippen LogP contribution is 2.32. The number of hydrogen-bond donors (Lipinski definition) is 2. The molecule has 0 aliphatic heterocycles. The van der Waals surface area contributed by atoms with E-state index in [1.54, 1.807) is 11.6 Å². The minimum Gasteiger partial charge on any atom is -0.396 e. The SMILES string of the molecule is Cn1cnc([N+](=O)[O-])c1NCC1CCCC1CO. The van der Waals surface area contributed by atoms with Crippen molar-refractivity contribution in [2.45, 2.75) is 19.3 Å². The van der Waals surface area contributed by atoms with E-state index in [4.69, 9.17) is 0 Å². The number of aromatic nitrogens is 2. The van der Waals surface area contributed by atoms with E-state index < -0.39 is 4.92 Å². The summed E-state index contributed by atoms with van der Waals surface area (Å²) in [6.07, 6.45) is 4.64. The molecule has 2 rings (SSSR count). The summed E-state index contributed by atoms with van der Waals surface area (Å²) in [5.41, 5.74) is 0. The van der Waals surface area contributed by atoms with E-state index in [1.807, 2.05) is 0 Å². The van der Waals surface area contributed by atoms with Crippen molar-refractivity contribution in [3.05, 3.63) is 16.4 Å². The second-order valence-electron chi connectivity index (χ2n) is 4.80. The van der Waals surface area contributed by atoms with Crippen LogP contribution in [0.15, 0.2) is 6.33 Å². The summed E-state index contributed by atoms with van der Waals surface area (Å²) in [6, 6.07) is 0. The third-order valence-electron chi connectivity index (χ3n) is 3.67. The van der Waals surface area contributed by atoms with Gasteiger partial charge in [0, 0.05) is 20.2 Å². The number of aliphatic hydroxyl groups excluding tert-OH is 1. The van der Waals surface area contributed by atoms with Crippen LogP contribution >= 0.6 is 0 Å². The molecule has 1 aliphatic rings. The topological polar surface area (TPSA) is 93.2 Å². The molecule has 2 unspecified atom stereocenters. The van der Waals surface area contributed by atoms with E-state index in [0.717, 1.165) is 19.3 Å². The fraction of sp³-hybridized carbons (Fsp3) is 0.727. The van der Waals surface area contributed by atoms with Crippen LogP contribution in [0.5, 0.6) is 0 Å². The van der Waals surface area contributed by atoms with Gasteiger partial charge in [-0.2, -0.15) is 0 Å². The van der Waals surface area contributed by atoms with Crippen LogP contribution in [0.3, 0.4) is 0 Å². The monoisotopic (exact) mass is 254 g/mol. The molecule has 0 aromatic carbocycles. The molecule has 0 radical (unpaired) electrons. The van der Waals surface area contributed by atoms with Crippen LogP contribution in [0.1, 0.15) is 19.3 Å². The van der Waals surface area contributed by atoms with E-state index in [2.05, 4.69) is 10.3 Å². The van der Waals surface area contributed by atoms with Gasteiger partial charge >= 0.3 is 5.82 Å². The molecule has 0 spiro atoms. The van der Waals surface area contributed by atoms with Crippen molar-refractivity contribution < 1.29 is 10.0 Å². The molecule has 2 atom stereocenters. The molecule has 0 saturated heterocycles. The fourth-order valence-corrected chi connectivity index (χ4v) is 2.61. The zero-order valence-corrected chi connectivity index (χ0v) is 10.4. The van der Waals surface area contributed by atoms with Gasteiger partial charge in [-0.3, -0.25) is 4.57 Å². The average Bonchev–Trinajstić information content (AvgIpc) is 2.92. The number of imidazole rings is 1. The Hall–Kier alpha value is -1.63. The Balaban J connectivity index is 2.01. The molecule has 2 N–H and O–H groups in total. The van der Waals surface area contributed by atoms with E-state index in [9.17, 15) is 15.2 Å².